The number of carbonyl (C=O) groups is 1. The lowest BCUT2D eigenvalue weighted by atomic mass is 10.1. The molecule has 4 atom stereocenters. The van der Waals surface area contributed by atoms with Gasteiger partial charge < -0.3 is 30.1 Å². The van der Waals surface area contributed by atoms with Crippen molar-refractivity contribution in [3.8, 4) is 0 Å². The molecule has 0 aromatic carbocycles. The molecule has 1 amide bonds. The Balaban J connectivity index is 1.87. The van der Waals surface area contributed by atoms with Crippen LogP contribution in [0.2, 0.25) is 0 Å². The molecule has 1 aliphatic rings. The van der Waals surface area contributed by atoms with Crippen molar-refractivity contribution >= 4 is 30.7 Å². The molecule has 1 fully saturated rings. The van der Waals surface area contributed by atoms with Crippen LogP contribution in [-0.4, -0.2) is 70.3 Å². The maximum atomic E-state index is 11.2. The molecule has 0 spiro atoms. The largest absolute Gasteiger partial charge is 0.469 e. The molecule has 0 radical (unpaired) electrons. The molecular formula is C12H16N5O8P. The van der Waals surface area contributed by atoms with Gasteiger partial charge in [0.1, 0.15) is 24.6 Å². The number of phosphoric acid groups is 1. The van der Waals surface area contributed by atoms with Crippen LogP contribution in [0.1, 0.15) is 13.2 Å². The number of amides is 1. The molecule has 0 bridgehead atoms. The van der Waals surface area contributed by atoms with E-state index >= 15 is 0 Å². The van der Waals surface area contributed by atoms with Gasteiger partial charge in [-0.05, 0) is 0 Å². The van der Waals surface area contributed by atoms with Crippen LogP contribution in [0.15, 0.2) is 12.7 Å². The Kier molecular flexibility index (Phi) is 5.03. The topological polar surface area (TPSA) is 189 Å². The summed E-state index contributed by atoms with van der Waals surface area (Å²) in [5.41, 5.74) is 0.458. The molecule has 2 aromatic rings. The lowest BCUT2D eigenvalue weighted by Gasteiger charge is -2.16. The van der Waals surface area contributed by atoms with Gasteiger partial charge in [0.15, 0.2) is 23.2 Å². The third kappa shape index (κ3) is 3.73. The quantitative estimate of drug-likeness (QED) is 0.375. The fourth-order valence-corrected chi connectivity index (χ4v) is 2.90. The second-order valence-electron chi connectivity index (χ2n) is 5.56. The molecule has 0 aliphatic carbocycles. The van der Waals surface area contributed by atoms with E-state index in [4.69, 9.17) is 14.5 Å². The summed E-state index contributed by atoms with van der Waals surface area (Å²) in [6.45, 7) is 0.675. The van der Waals surface area contributed by atoms with E-state index in [1.807, 2.05) is 0 Å². The van der Waals surface area contributed by atoms with Crippen LogP contribution in [0.4, 0.5) is 5.82 Å². The van der Waals surface area contributed by atoms with E-state index < -0.39 is 39.0 Å². The van der Waals surface area contributed by atoms with Crippen LogP contribution in [0, 0.1) is 0 Å². The van der Waals surface area contributed by atoms with Crippen molar-refractivity contribution in [2.24, 2.45) is 0 Å². The zero-order chi connectivity index (χ0) is 19.1. The molecule has 5 N–H and O–H groups in total. The summed E-state index contributed by atoms with van der Waals surface area (Å²) < 4.78 is 21.9. The van der Waals surface area contributed by atoms with Crippen molar-refractivity contribution in [2.45, 2.75) is 31.5 Å². The molecule has 2 aromatic heterocycles. The maximum Gasteiger partial charge on any atom is 0.469 e. The van der Waals surface area contributed by atoms with E-state index in [1.54, 1.807) is 0 Å². The van der Waals surface area contributed by atoms with E-state index in [2.05, 4.69) is 24.8 Å². The second-order valence-corrected chi connectivity index (χ2v) is 6.80. The number of carbonyl (C=O) groups excluding carboxylic acids is 1. The third-order valence-electron chi connectivity index (χ3n) is 3.67. The molecule has 3 rings (SSSR count). The van der Waals surface area contributed by atoms with Crippen molar-refractivity contribution in [3.05, 3.63) is 12.7 Å². The number of phosphoric ester groups is 1. The number of rotatable bonds is 5. The molecule has 1 aliphatic heterocycles. The van der Waals surface area contributed by atoms with E-state index in [1.165, 1.54) is 24.1 Å². The molecule has 26 heavy (non-hydrogen) atoms. The summed E-state index contributed by atoms with van der Waals surface area (Å²) in [6, 6.07) is 0. The number of anilines is 1. The van der Waals surface area contributed by atoms with Gasteiger partial charge in [0.25, 0.3) is 0 Å². The van der Waals surface area contributed by atoms with Gasteiger partial charge in [0.05, 0.1) is 12.9 Å². The number of aliphatic hydroxyl groups excluding tert-OH is 2. The van der Waals surface area contributed by atoms with E-state index in [9.17, 15) is 19.6 Å². The Morgan fingerprint density at radius 3 is 2.73 bits per heavy atom. The van der Waals surface area contributed by atoms with Crippen LogP contribution < -0.4 is 5.32 Å². The summed E-state index contributed by atoms with van der Waals surface area (Å²) in [5.74, 6) is -0.197. The van der Waals surface area contributed by atoms with Crippen LogP contribution in [0.3, 0.4) is 0 Å². The number of aromatic nitrogens is 4. The van der Waals surface area contributed by atoms with Crippen molar-refractivity contribution in [2.75, 3.05) is 11.9 Å². The Morgan fingerprint density at radius 2 is 2.08 bits per heavy atom. The molecule has 1 saturated heterocycles. The minimum atomic E-state index is -4.76. The van der Waals surface area contributed by atoms with Gasteiger partial charge in [-0.2, -0.15) is 0 Å². The first-order valence-electron chi connectivity index (χ1n) is 7.34. The number of hydrogen-bond acceptors (Lipinski definition) is 9. The first kappa shape index (κ1) is 18.8. The smallest absolute Gasteiger partial charge is 0.387 e. The molecular weight excluding hydrogens is 373 g/mol. The summed E-state index contributed by atoms with van der Waals surface area (Å²) in [6.07, 6.45) is -2.76. The van der Waals surface area contributed by atoms with Gasteiger partial charge in [-0.3, -0.25) is 13.9 Å². The number of fused-ring (bicyclic) bond motifs is 1. The third-order valence-corrected chi connectivity index (χ3v) is 4.16. The number of nitrogens with one attached hydrogen (secondary N) is 1. The highest BCUT2D eigenvalue weighted by molar-refractivity contribution is 7.46. The minimum absolute atomic E-state index is 0.163. The molecule has 0 unspecified atom stereocenters. The van der Waals surface area contributed by atoms with Gasteiger partial charge in [0, 0.05) is 6.92 Å². The normalized spacial score (nSPS) is 26.3. The van der Waals surface area contributed by atoms with Gasteiger partial charge in [-0.1, -0.05) is 0 Å². The highest BCUT2D eigenvalue weighted by Crippen LogP contribution is 2.38. The van der Waals surface area contributed by atoms with Crippen LogP contribution >= 0.6 is 7.82 Å². The fourth-order valence-electron chi connectivity index (χ4n) is 2.56. The van der Waals surface area contributed by atoms with E-state index in [0.717, 1.165) is 0 Å². The average Bonchev–Trinajstić information content (AvgIpc) is 3.08. The summed E-state index contributed by atoms with van der Waals surface area (Å²) >= 11 is 0. The molecule has 13 nitrogen and oxygen atoms in total. The lowest BCUT2D eigenvalue weighted by molar-refractivity contribution is -0.114. The first-order chi connectivity index (χ1) is 12.2. The number of aliphatic hydroxyl groups is 2. The van der Waals surface area contributed by atoms with E-state index in [-0.39, 0.29) is 22.9 Å². The Hall–Kier alpha value is -1.99. The van der Waals surface area contributed by atoms with Crippen LogP contribution in [0.5, 0.6) is 0 Å². The molecule has 3 heterocycles. The van der Waals surface area contributed by atoms with Crippen molar-refractivity contribution in [1.29, 1.82) is 0 Å². The monoisotopic (exact) mass is 389 g/mol. The van der Waals surface area contributed by atoms with Crippen LogP contribution in [-0.2, 0) is 18.6 Å². The Bertz CT molecular complexity index is 868. The van der Waals surface area contributed by atoms with Crippen LogP contribution in [0.25, 0.3) is 11.2 Å². The SMILES string of the molecule is CC(=O)Nc1ncnc2c1ncn2[C@@H]1O[C@H](COP(=O)(O)O)[C@@H](O)[C@H]1O. The summed E-state index contributed by atoms with van der Waals surface area (Å²) in [7, 11) is -4.76. The second kappa shape index (κ2) is 6.96. The maximum absolute atomic E-state index is 11.2. The highest BCUT2D eigenvalue weighted by Gasteiger charge is 2.45. The Morgan fingerprint density at radius 1 is 1.35 bits per heavy atom. The number of ether oxygens (including phenoxy) is 1. The van der Waals surface area contributed by atoms with Crippen molar-refractivity contribution in [3.63, 3.8) is 0 Å². The van der Waals surface area contributed by atoms with Gasteiger partial charge in [0.2, 0.25) is 5.91 Å². The zero-order valence-electron chi connectivity index (χ0n) is 13.3. The predicted octanol–water partition coefficient (Wildman–Crippen LogP) is -1.49. The summed E-state index contributed by atoms with van der Waals surface area (Å²) in [4.78, 5) is 40.8. The number of hydrogen-bond donors (Lipinski definition) is 5. The molecule has 0 saturated carbocycles. The summed E-state index contributed by atoms with van der Waals surface area (Å²) in [5, 5.41) is 22.7. The predicted molar refractivity (Wildman–Crippen MR) is 83.5 cm³/mol. The fraction of sp³-hybridized carbons (Fsp3) is 0.500. The Labute approximate surface area is 145 Å². The number of nitrogens with zero attached hydrogens (tertiary/aromatic N) is 4. The lowest BCUT2D eigenvalue weighted by Crippen LogP contribution is -2.33. The van der Waals surface area contributed by atoms with Crippen molar-refractivity contribution in [1.82, 2.24) is 19.5 Å². The highest BCUT2D eigenvalue weighted by atomic mass is 31.2. The number of imidazole rings is 1. The van der Waals surface area contributed by atoms with E-state index in [0.29, 0.717) is 0 Å². The molecule has 142 valence electrons. The average molecular weight is 389 g/mol. The minimum Gasteiger partial charge on any atom is -0.387 e. The first-order valence-corrected chi connectivity index (χ1v) is 8.87. The van der Waals surface area contributed by atoms with Gasteiger partial charge in [-0.25, -0.2) is 19.5 Å². The zero-order valence-corrected chi connectivity index (χ0v) is 14.2. The molecule has 14 heteroatoms. The van der Waals surface area contributed by atoms with Gasteiger partial charge >= 0.3 is 7.82 Å². The van der Waals surface area contributed by atoms with Crippen molar-refractivity contribution < 1.29 is 38.6 Å². The standard InChI is InChI=1S/C12H16N5O8P/c1-5(18)16-10-7-11(14-3-13-10)17(4-15-7)12-9(20)8(19)6(25-12)2-24-26(21,22)23/h3-4,6,8-9,12,19-20H,2H2,1H3,(H2,21,22,23)(H,13,14,16,18)/t6-,8-,9-,12-/m1/s1. The van der Waals surface area contributed by atoms with Gasteiger partial charge in [-0.15, -0.1) is 0 Å².